The molecule has 2 fully saturated rings. The first-order valence-electron chi connectivity index (χ1n) is 25.1. The summed E-state index contributed by atoms with van der Waals surface area (Å²) in [6, 6.07) is 2.25. The highest BCUT2D eigenvalue weighted by molar-refractivity contribution is 5.97. The van der Waals surface area contributed by atoms with Crippen molar-refractivity contribution in [3.05, 3.63) is 29.8 Å². The third-order valence-corrected chi connectivity index (χ3v) is 13.1. The van der Waals surface area contributed by atoms with Gasteiger partial charge in [-0.15, -0.1) is 0 Å². The number of carbonyl (C=O) groups is 11. The van der Waals surface area contributed by atoms with Gasteiger partial charge >= 0.3 is 5.97 Å². The van der Waals surface area contributed by atoms with Crippen LogP contribution in [-0.4, -0.2) is 135 Å². The molecule has 0 unspecified atom stereocenters. The Morgan fingerprint density at radius 3 is 2.11 bits per heavy atom. The molecule has 1 aromatic rings. The smallest absolute Gasteiger partial charge is 0.306 e. The number of ketones is 5. The summed E-state index contributed by atoms with van der Waals surface area (Å²) in [6.07, 6.45) is 1.26. The number of benzene rings is 1. The minimum atomic E-state index is -1.25. The van der Waals surface area contributed by atoms with E-state index in [1.165, 1.54) is 24.0 Å². The number of Topliss-reactive ketones (excluding diaryl/α,β-unsaturated/α-hetero) is 5. The number of rotatable bonds is 34. The van der Waals surface area contributed by atoms with Crippen LogP contribution in [0.3, 0.4) is 0 Å². The molecule has 2 saturated heterocycles. The van der Waals surface area contributed by atoms with Crippen LogP contribution in [0.1, 0.15) is 142 Å². The van der Waals surface area contributed by atoms with Crippen LogP contribution >= 0.6 is 0 Å². The molecule has 8 atom stereocenters. The highest BCUT2D eigenvalue weighted by Crippen LogP contribution is 2.25. The zero-order chi connectivity index (χ0) is 52.8. The van der Waals surface area contributed by atoms with E-state index >= 15 is 0 Å². The number of hydrogen-bond acceptors (Lipinski definition) is 14. The van der Waals surface area contributed by atoms with Crippen LogP contribution in [0.25, 0.3) is 0 Å². The van der Waals surface area contributed by atoms with Crippen molar-refractivity contribution >= 4 is 64.4 Å². The van der Waals surface area contributed by atoms with E-state index in [-0.39, 0.29) is 100 Å². The number of hydrogen-bond donors (Lipinski definition) is 8. The molecular formula is C51H76N6O14. The lowest BCUT2D eigenvalue weighted by atomic mass is 9.89. The number of nitrogens with zero attached hydrogens (tertiary/aromatic N) is 1. The van der Waals surface area contributed by atoms with Gasteiger partial charge in [0.2, 0.25) is 29.5 Å². The molecule has 0 bridgehead atoms. The Bertz CT molecular complexity index is 2040. The van der Waals surface area contributed by atoms with Gasteiger partial charge in [-0.25, -0.2) is 0 Å². The molecule has 0 saturated carbocycles. The maximum absolute atomic E-state index is 13.8. The molecule has 0 spiro atoms. The normalized spacial score (nSPS) is 18.7. The van der Waals surface area contributed by atoms with E-state index in [4.69, 9.17) is 5.73 Å². The number of aromatic hydroxyl groups is 1. The van der Waals surface area contributed by atoms with E-state index in [1.54, 1.807) is 12.1 Å². The van der Waals surface area contributed by atoms with Crippen molar-refractivity contribution in [1.82, 2.24) is 26.2 Å². The number of aliphatic carboxylic acids is 1. The number of β-amino-alcohol motifs (C(OH)–C–C–N with tert-alkyl or cyclic N) is 1. The number of unbranched alkanes of at least 4 members (excludes halogenated alkanes) is 2. The predicted molar refractivity (Wildman–Crippen MR) is 259 cm³/mol. The van der Waals surface area contributed by atoms with Crippen molar-refractivity contribution in [3.8, 4) is 5.75 Å². The second kappa shape index (κ2) is 30.1. The molecule has 71 heavy (non-hydrogen) atoms. The zero-order valence-corrected chi connectivity index (χ0v) is 41.7. The monoisotopic (exact) mass is 997 g/mol. The van der Waals surface area contributed by atoms with Crippen LogP contribution in [0.15, 0.2) is 24.3 Å². The molecule has 0 aromatic heterocycles. The fourth-order valence-electron chi connectivity index (χ4n) is 9.06. The number of primary amides is 1. The van der Waals surface area contributed by atoms with E-state index in [0.717, 1.165) is 12.8 Å². The van der Waals surface area contributed by atoms with Gasteiger partial charge in [0.15, 0.2) is 23.1 Å². The first-order valence-corrected chi connectivity index (χ1v) is 25.1. The summed E-state index contributed by atoms with van der Waals surface area (Å²) >= 11 is 0. The van der Waals surface area contributed by atoms with Gasteiger partial charge in [0.25, 0.3) is 0 Å². The first kappa shape index (κ1) is 59.4. The Morgan fingerprint density at radius 1 is 0.789 bits per heavy atom. The lowest BCUT2D eigenvalue weighted by Gasteiger charge is -2.25. The van der Waals surface area contributed by atoms with Crippen molar-refractivity contribution in [2.45, 2.75) is 174 Å². The van der Waals surface area contributed by atoms with Crippen molar-refractivity contribution in [3.63, 3.8) is 0 Å². The van der Waals surface area contributed by atoms with E-state index in [9.17, 15) is 68.1 Å². The molecule has 0 radical (unpaired) electrons. The molecule has 1 aromatic carbocycles. The summed E-state index contributed by atoms with van der Waals surface area (Å²) in [6.45, 7) is 7.20. The Hall–Kier alpha value is -5.89. The van der Waals surface area contributed by atoms with Gasteiger partial charge in [0, 0.05) is 76.3 Å². The standard InChI is InChI=1S/C51H76N6O14/c1-5-6-7-9-33(51(70)71)25-45(64)41-10-8-21-57(41)48(67)20-17-42(61)31(4)55-50(69)34(22-30(2)3)24-37(59)29-54-49(68)35(23-32-11-13-36(58)14-12-32)26-44(63)39(15-18-46(52)65)56-47(66)19-16-43(62)40-27-38(60)28-53-40/h11-14,30-31,33-35,38-41,53,58,60H,5-10,15-29H2,1-4H3,(H2,52,65)(H,54,68)(H,55,69)(H,56,66)(H,70,71)/t31-,33+,34+,35+,38+,39-,40-,41-/m0/s1. The highest BCUT2D eigenvalue weighted by atomic mass is 16.4. The first-order chi connectivity index (χ1) is 33.6. The van der Waals surface area contributed by atoms with Gasteiger partial charge in [0.1, 0.15) is 11.5 Å². The number of amides is 5. The summed E-state index contributed by atoms with van der Waals surface area (Å²) in [7, 11) is 0. The van der Waals surface area contributed by atoms with Crippen molar-refractivity contribution in [2.24, 2.45) is 29.4 Å². The van der Waals surface area contributed by atoms with Gasteiger partial charge in [-0.3, -0.25) is 52.7 Å². The lowest BCUT2D eigenvalue weighted by Crippen LogP contribution is -2.45. The molecule has 2 heterocycles. The average molecular weight is 997 g/mol. The number of nitrogens with one attached hydrogen (secondary N) is 4. The van der Waals surface area contributed by atoms with Crippen molar-refractivity contribution < 1.29 is 68.1 Å². The van der Waals surface area contributed by atoms with E-state index in [0.29, 0.717) is 37.8 Å². The Kier molecular flexibility index (Phi) is 25.2. The molecule has 0 aliphatic carbocycles. The minimum absolute atomic E-state index is 0.0314. The predicted octanol–water partition coefficient (Wildman–Crippen LogP) is 2.16. The summed E-state index contributed by atoms with van der Waals surface area (Å²) in [5.74, 6) is -9.26. The Labute approximate surface area is 415 Å². The number of aliphatic hydroxyl groups excluding tert-OH is 1. The lowest BCUT2D eigenvalue weighted by molar-refractivity contribution is -0.145. The fourth-order valence-corrected chi connectivity index (χ4v) is 9.06. The van der Waals surface area contributed by atoms with Crippen molar-refractivity contribution in [2.75, 3.05) is 19.6 Å². The molecule has 2 aliphatic rings. The van der Waals surface area contributed by atoms with Crippen LogP contribution in [0, 0.1) is 23.7 Å². The van der Waals surface area contributed by atoms with E-state index in [2.05, 4.69) is 21.3 Å². The third kappa shape index (κ3) is 21.2. The second-order valence-electron chi connectivity index (χ2n) is 19.6. The molecule has 20 nitrogen and oxygen atoms in total. The topological polar surface area (TPSA) is 326 Å². The molecule has 2 aliphatic heterocycles. The number of carboxylic acids is 1. The number of carbonyl (C=O) groups excluding carboxylic acids is 10. The number of nitrogens with two attached hydrogens (primary N) is 1. The second-order valence-corrected chi connectivity index (χ2v) is 19.6. The SMILES string of the molecule is CCCCC[C@H](CC(=O)[C@@H]1CCCN1C(=O)CCC(=O)[C@H](C)NC(=O)[C@@H](CC(=O)CNC(=O)[C@@H](CC(=O)[C@H](CCC(N)=O)NC(=O)CCC(=O)[C@@H]1C[C@@H](O)CN1)Cc1ccc(O)cc1)CC(C)C)C(=O)O. The van der Waals surface area contributed by atoms with Gasteiger partial charge < -0.3 is 47.2 Å². The summed E-state index contributed by atoms with van der Waals surface area (Å²) in [5.41, 5.74) is 5.91. The zero-order valence-electron chi connectivity index (χ0n) is 41.7. The van der Waals surface area contributed by atoms with E-state index in [1.807, 2.05) is 20.8 Å². The number of carboxylic acid groups (broad SMARTS) is 1. The van der Waals surface area contributed by atoms with Crippen molar-refractivity contribution in [1.29, 1.82) is 0 Å². The van der Waals surface area contributed by atoms with Crippen LogP contribution in [0.4, 0.5) is 0 Å². The average Bonchev–Trinajstić information content (AvgIpc) is 4.00. The minimum Gasteiger partial charge on any atom is -0.508 e. The summed E-state index contributed by atoms with van der Waals surface area (Å²) in [4.78, 5) is 145. The molecule has 9 N–H and O–H groups in total. The summed E-state index contributed by atoms with van der Waals surface area (Å²) < 4.78 is 0. The number of aliphatic hydroxyl groups is 1. The number of phenols is 1. The van der Waals surface area contributed by atoms with E-state index < -0.39 is 114 Å². The molecule has 3 rings (SSSR count). The maximum Gasteiger partial charge on any atom is 0.306 e. The van der Waals surface area contributed by atoms with Gasteiger partial charge in [-0.05, 0) is 75.5 Å². The number of phenolic OH excluding ortho intramolecular Hbond substituents is 1. The quantitative estimate of drug-likeness (QED) is 0.0459. The van der Waals surface area contributed by atoms with Gasteiger partial charge in [-0.1, -0.05) is 52.2 Å². The molecule has 5 amide bonds. The fraction of sp³-hybridized carbons (Fsp3) is 0.667. The Balaban J connectivity index is 1.61. The molecular weight excluding hydrogens is 921 g/mol. The van der Waals surface area contributed by atoms with Crippen LogP contribution in [0.5, 0.6) is 5.75 Å². The van der Waals surface area contributed by atoms with Gasteiger partial charge in [0.05, 0.1) is 42.7 Å². The third-order valence-electron chi connectivity index (χ3n) is 13.1. The molecule has 20 heteroatoms. The maximum atomic E-state index is 13.8. The van der Waals surface area contributed by atoms with Gasteiger partial charge in [-0.2, -0.15) is 0 Å². The van der Waals surface area contributed by atoms with Crippen LogP contribution in [0.2, 0.25) is 0 Å². The molecule has 394 valence electrons. The highest BCUT2D eigenvalue weighted by Gasteiger charge is 2.37. The van der Waals surface area contributed by atoms with Crippen LogP contribution in [-0.2, 0) is 59.2 Å². The largest absolute Gasteiger partial charge is 0.508 e. The number of likely N-dealkylation sites (tertiary alicyclic amines) is 1. The van der Waals surface area contributed by atoms with Crippen LogP contribution < -0.4 is 27.0 Å². The summed E-state index contributed by atoms with van der Waals surface area (Å²) in [5, 5.41) is 39.9. The Morgan fingerprint density at radius 2 is 1.49 bits per heavy atom.